The van der Waals surface area contributed by atoms with E-state index in [9.17, 15) is 4.79 Å². The van der Waals surface area contributed by atoms with E-state index in [0.29, 0.717) is 6.54 Å². The van der Waals surface area contributed by atoms with E-state index in [1.165, 1.54) is 11.3 Å². The molecule has 2 rings (SSSR count). The molecule has 0 unspecified atom stereocenters. The van der Waals surface area contributed by atoms with E-state index in [-0.39, 0.29) is 5.91 Å². The number of hydrogen-bond donors (Lipinski definition) is 1. The first-order chi connectivity index (χ1) is 8.25. The minimum Gasteiger partial charge on any atom is -0.342 e. The molecule has 1 aromatic heterocycles. The Bertz CT molecular complexity index is 374. The minimum absolute atomic E-state index is 0.236. The quantitative estimate of drug-likeness (QED) is 0.926. The Balaban J connectivity index is 1.69. The predicted octanol–water partition coefficient (Wildman–Crippen LogP) is 2.61. The van der Waals surface area contributed by atoms with Gasteiger partial charge >= 0.3 is 0 Å². The SMILES string of the molecule is O=C(CNCc1cc(Br)cs1)N1CCCCC1. The van der Waals surface area contributed by atoms with Crippen molar-refractivity contribution >= 4 is 33.2 Å². The number of thiophene rings is 1. The number of nitrogens with one attached hydrogen (secondary N) is 1. The average molecular weight is 317 g/mol. The highest BCUT2D eigenvalue weighted by Gasteiger charge is 2.15. The summed E-state index contributed by atoms with van der Waals surface area (Å²) in [4.78, 5) is 15.1. The van der Waals surface area contributed by atoms with Crippen molar-refractivity contribution in [3.8, 4) is 0 Å². The molecule has 1 N–H and O–H groups in total. The monoisotopic (exact) mass is 316 g/mol. The molecular formula is C12H17BrN2OS. The summed E-state index contributed by atoms with van der Waals surface area (Å²) in [6, 6.07) is 2.09. The first kappa shape index (κ1) is 13.1. The maximum Gasteiger partial charge on any atom is 0.236 e. The van der Waals surface area contributed by atoms with Gasteiger partial charge in [-0.15, -0.1) is 11.3 Å². The molecule has 1 aromatic rings. The summed E-state index contributed by atoms with van der Waals surface area (Å²) in [5.41, 5.74) is 0. The van der Waals surface area contributed by atoms with Gasteiger partial charge in [0.05, 0.1) is 6.54 Å². The van der Waals surface area contributed by atoms with Gasteiger partial charge in [-0.05, 0) is 41.3 Å². The highest BCUT2D eigenvalue weighted by molar-refractivity contribution is 9.10. The molecule has 1 aliphatic rings. The third kappa shape index (κ3) is 4.08. The van der Waals surface area contributed by atoms with Gasteiger partial charge in [-0.1, -0.05) is 0 Å². The Morgan fingerprint density at radius 1 is 1.41 bits per heavy atom. The summed E-state index contributed by atoms with van der Waals surface area (Å²) in [5.74, 6) is 0.236. The lowest BCUT2D eigenvalue weighted by atomic mass is 10.1. The molecule has 0 radical (unpaired) electrons. The van der Waals surface area contributed by atoms with Crippen LogP contribution in [-0.2, 0) is 11.3 Å². The first-order valence-corrected chi connectivity index (χ1v) is 7.64. The van der Waals surface area contributed by atoms with Crippen molar-refractivity contribution in [2.75, 3.05) is 19.6 Å². The van der Waals surface area contributed by atoms with Crippen molar-refractivity contribution in [2.24, 2.45) is 0 Å². The van der Waals surface area contributed by atoms with Gasteiger partial charge in [-0.3, -0.25) is 4.79 Å². The fourth-order valence-corrected chi connectivity index (χ4v) is 3.41. The zero-order valence-electron chi connectivity index (χ0n) is 9.75. The van der Waals surface area contributed by atoms with Gasteiger partial charge in [0.15, 0.2) is 0 Å². The molecule has 0 saturated carbocycles. The largest absolute Gasteiger partial charge is 0.342 e. The number of likely N-dealkylation sites (tertiary alicyclic amines) is 1. The molecule has 0 spiro atoms. The van der Waals surface area contributed by atoms with Gasteiger partial charge in [-0.25, -0.2) is 0 Å². The standard InChI is InChI=1S/C12H17BrN2OS/c13-10-6-11(17-9-10)7-14-8-12(16)15-4-2-1-3-5-15/h6,9,14H,1-5,7-8H2. The van der Waals surface area contributed by atoms with Crippen molar-refractivity contribution in [3.63, 3.8) is 0 Å². The van der Waals surface area contributed by atoms with Gasteiger partial charge in [0, 0.05) is 34.4 Å². The van der Waals surface area contributed by atoms with Crippen LogP contribution in [-0.4, -0.2) is 30.4 Å². The topological polar surface area (TPSA) is 32.3 Å². The van der Waals surface area contributed by atoms with Crippen LogP contribution in [0.25, 0.3) is 0 Å². The summed E-state index contributed by atoms with van der Waals surface area (Å²) >= 11 is 5.13. The number of rotatable bonds is 4. The first-order valence-electron chi connectivity index (χ1n) is 5.97. The summed E-state index contributed by atoms with van der Waals surface area (Å²) in [6.45, 7) is 3.10. The van der Waals surface area contributed by atoms with Gasteiger partial charge in [0.25, 0.3) is 0 Å². The van der Waals surface area contributed by atoms with Crippen LogP contribution in [0, 0.1) is 0 Å². The molecule has 0 aliphatic carbocycles. The van der Waals surface area contributed by atoms with E-state index in [1.807, 2.05) is 4.90 Å². The molecule has 1 fully saturated rings. The molecule has 0 bridgehead atoms. The number of carbonyl (C=O) groups is 1. The van der Waals surface area contributed by atoms with E-state index >= 15 is 0 Å². The number of amides is 1. The average Bonchev–Trinajstić information content (AvgIpc) is 2.76. The Hall–Kier alpha value is -0.390. The van der Waals surface area contributed by atoms with Crippen LogP contribution in [0.3, 0.4) is 0 Å². The smallest absolute Gasteiger partial charge is 0.236 e. The second kappa shape index (κ2) is 6.52. The number of piperidine rings is 1. The lowest BCUT2D eigenvalue weighted by molar-refractivity contribution is -0.131. The van der Waals surface area contributed by atoms with Crippen LogP contribution in [0.4, 0.5) is 0 Å². The molecule has 94 valence electrons. The molecule has 0 atom stereocenters. The fraction of sp³-hybridized carbons (Fsp3) is 0.583. The fourth-order valence-electron chi connectivity index (χ4n) is 1.99. The Morgan fingerprint density at radius 3 is 2.82 bits per heavy atom. The molecule has 3 nitrogen and oxygen atoms in total. The predicted molar refractivity (Wildman–Crippen MR) is 74.2 cm³/mol. The molecule has 1 amide bonds. The van der Waals surface area contributed by atoms with Crippen LogP contribution >= 0.6 is 27.3 Å². The van der Waals surface area contributed by atoms with E-state index in [4.69, 9.17) is 0 Å². The van der Waals surface area contributed by atoms with Crippen molar-refractivity contribution in [3.05, 3.63) is 20.8 Å². The summed E-state index contributed by atoms with van der Waals surface area (Å²) in [5, 5.41) is 5.27. The number of halogens is 1. The molecular weight excluding hydrogens is 300 g/mol. The van der Waals surface area contributed by atoms with E-state index < -0.39 is 0 Å². The second-order valence-corrected chi connectivity index (χ2v) is 6.19. The third-order valence-corrected chi connectivity index (χ3v) is 4.60. The van der Waals surface area contributed by atoms with Crippen molar-refractivity contribution in [1.82, 2.24) is 10.2 Å². The Morgan fingerprint density at radius 2 is 2.18 bits per heavy atom. The number of carbonyl (C=O) groups excluding carboxylic acids is 1. The summed E-state index contributed by atoms with van der Waals surface area (Å²) in [7, 11) is 0. The van der Waals surface area contributed by atoms with Gasteiger partial charge in [-0.2, -0.15) is 0 Å². The van der Waals surface area contributed by atoms with Crippen LogP contribution in [0.5, 0.6) is 0 Å². The maximum atomic E-state index is 11.9. The molecule has 17 heavy (non-hydrogen) atoms. The van der Waals surface area contributed by atoms with Crippen LogP contribution in [0.1, 0.15) is 24.1 Å². The van der Waals surface area contributed by atoms with Gasteiger partial charge in [0.2, 0.25) is 5.91 Å². The lowest BCUT2D eigenvalue weighted by Gasteiger charge is -2.26. The van der Waals surface area contributed by atoms with Crippen LogP contribution < -0.4 is 5.32 Å². The third-order valence-electron chi connectivity index (χ3n) is 2.91. The van der Waals surface area contributed by atoms with Gasteiger partial charge < -0.3 is 10.2 Å². The Kier molecular flexibility index (Phi) is 5.00. The lowest BCUT2D eigenvalue weighted by Crippen LogP contribution is -2.40. The van der Waals surface area contributed by atoms with Crippen LogP contribution in [0.2, 0.25) is 0 Å². The molecule has 2 heterocycles. The van der Waals surface area contributed by atoms with Crippen LogP contribution in [0.15, 0.2) is 15.9 Å². The number of hydrogen-bond acceptors (Lipinski definition) is 3. The second-order valence-electron chi connectivity index (χ2n) is 4.28. The highest BCUT2D eigenvalue weighted by atomic mass is 79.9. The molecule has 1 aliphatic heterocycles. The number of nitrogens with zero attached hydrogens (tertiary/aromatic N) is 1. The van der Waals surface area contributed by atoms with Crippen molar-refractivity contribution < 1.29 is 4.79 Å². The minimum atomic E-state index is 0.236. The van der Waals surface area contributed by atoms with E-state index in [0.717, 1.165) is 36.9 Å². The maximum absolute atomic E-state index is 11.9. The Labute approximate surface area is 114 Å². The summed E-state index contributed by atoms with van der Waals surface area (Å²) < 4.78 is 1.11. The highest BCUT2D eigenvalue weighted by Crippen LogP contribution is 2.19. The van der Waals surface area contributed by atoms with E-state index in [2.05, 4.69) is 32.7 Å². The summed E-state index contributed by atoms with van der Waals surface area (Å²) in [6.07, 6.45) is 3.58. The molecule has 0 aromatic carbocycles. The zero-order chi connectivity index (χ0) is 12.1. The molecule has 1 saturated heterocycles. The van der Waals surface area contributed by atoms with Crippen molar-refractivity contribution in [2.45, 2.75) is 25.8 Å². The zero-order valence-corrected chi connectivity index (χ0v) is 12.1. The molecule has 5 heteroatoms. The normalized spacial score (nSPS) is 16.2. The van der Waals surface area contributed by atoms with Gasteiger partial charge in [0.1, 0.15) is 0 Å². The van der Waals surface area contributed by atoms with E-state index in [1.54, 1.807) is 11.3 Å². The van der Waals surface area contributed by atoms with Crippen molar-refractivity contribution in [1.29, 1.82) is 0 Å².